The van der Waals surface area contributed by atoms with Gasteiger partial charge >= 0.3 is 5.97 Å². The van der Waals surface area contributed by atoms with Gasteiger partial charge in [0.25, 0.3) is 5.56 Å². The molecule has 5 rings (SSSR count). The summed E-state index contributed by atoms with van der Waals surface area (Å²) in [5.74, 6) is -0.241. The van der Waals surface area contributed by atoms with Crippen LogP contribution in [-0.4, -0.2) is 25.7 Å². The molecule has 0 unspecified atom stereocenters. The summed E-state index contributed by atoms with van der Waals surface area (Å²) in [4.78, 5) is 33.2. The van der Waals surface area contributed by atoms with Gasteiger partial charge in [0.05, 0.1) is 22.3 Å². The summed E-state index contributed by atoms with van der Waals surface area (Å²) in [5.41, 5.74) is 1.88. The van der Waals surface area contributed by atoms with Crippen LogP contribution in [0.3, 0.4) is 0 Å². The highest BCUT2D eigenvalue weighted by atomic mass is 35.5. The zero-order valence-electron chi connectivity index (χ0n) is 16.3. The van der Waals surface area contributed by atoms with Gasteiger partial charge in [-0.1, -0.05) is 29.8 Å². The second-order valence-corrected chi connectivity index (χ2v) is 8.38. The number of para-hydroxylation sites is 1. The third kappa shape index (κ3) is 3.60. The molecule has 31 heavy (non-hydrogen) atoms. The van der Waals surface area contributed by atoms with Gasteiger partial charge in [0.2, 0.25) is 0 Å². The van der Waals surface area contributed by atoms with Crippen LogP contribution in [0, 0.1) is 6.92 Å². The normalized spacial score (nSPS) is 11.3. The molecule has 0 radical (unpaired) electrons. The van der Waals surface area contributed by atoms with E-state index < -0.39 is 5.97 Å². The molecule has 0 saturated heterocycles. The highest BCUT2D eigenvalue weighted by molar-refractivity contribution is 7.20. The van der Waals surface area contributed by atoms with Crippen LogP contribution in [0.2, 0.25) is 5.02 Å². The molecule has 2 aromatic carbocycles. The molecule has 154 valence electrons. The number of aromatic nitrogens is 4. The number of hydrogen-bond acceptors (Lipinski definition) is 6. The molecule has 3 aromatic heterocycles. The predicted octanol–water partition coefficient (Wildman–Crippen LogP) is 4.64. The molecule has 9 heteroatoms. The first-order valence-electron chi connectivity index (χ1n) is 9.40. The van der Waals surface area contributed by atoms with Crippen LogP contribution in [0.15, 0.2) is 59.4 Å². The van der Waals surface area contributed by atoms with E-state index >= 15 is 0 Å². The number of H-pyrrole nitrogens is 1. The fraction of sp³-hybridized carbons (Fsp3) is 0.0909. The summed E-state index contributed by atoms with van der Waals surface area (Å²) in [6, 6.07) is 16.3. The van der Waals surface area contributed by atoms with E-state index in [4.69, 9.17) is 16.3 Å². The molecule has 7 nitrogen and oxygen atoms in total. The molecule has 0 spiro atoms. The van der Waals surface area contributed by atoms with Crippen molar-refractivity contribution in [3.8, 4) is 5.69 Å². The van der Waals surface area contributed by atoms with Crippen molar-refractivity contribution in [2.45, 2.75) is 13.5 Å². The zero-order valence-corrected chi connectivity index (χ0v) is 17.8. The Labute approximate surface area is 184 Å². The molecular formula is C22H15ClN4O3S. The minimum absolute atomic E-state index is 0.158. The number of thiophene rings is 1. The van der Waals surface area contributed by atoms with Gasteiger partial charge in [-0.3, -0.25) is 4.79 Å². The second kappa shape index (κ2) is 7.64. The zero-order chi connectivity index (χ0) is 21.5. The molecule has 0 bridgehead atoms. The number of benzene rings is 2. The topological polar surface area (TPSA) is 89.9 Å². The molecule has 0 amide bonds. The van der Waals surface area contributed by atoms with Crippen molar-refractivity contribution in [1.82, 2.24) is 19.7 Å². The van der Waals surface area contributed by atoms with E-state index in [1.54, 1.807) is 24.3 Å². The van der Waals surface area contributed by atoms with Crippen LogP contribution in [0.1, 0.15) is 21.2 Å². The Bertz CT molecular complexity index is 1500. The SMILES string of the molecule is Cc1nn(-c2ccccc2)c2sc(C(=O)OCc3nc4cc(Cl)ccc4c(=O)[nH]3)cc12. The summed E-state index contributed by atoms with van der Waals surface area (Å²) in [7, 11) is 0. The maximum atomic E-state index is 12.7. The summed E-state index contributed by atoms with van der Waals surface area (Å²) < 4.78 is 7.23. The highest BCUT2D eigenvalue weighted by Crippen LogP contribution is 2.30. The third-order valence-electron chi connectivity index (χ3n) is 4.80. The van der Waals surface area contributed by atoms with Gasteiger partial charge in [0.15, 0.2) is 0 Å². The first kappa shape index (κ1) is 19.5. The number of ether oxygens (including phenoxy) is 1. The Hall–Kier alpha value is -3.49. The fourth-order valence-electron chi connectivity index (χ4n) is 3.33. The maximum Gasteiger partial charge on any atom is 0.348 e. The van der Waals surface area contributed by atoms with Crippen molar-refractivity contribution in [2.24, 2.45) is 0 Å². The molecule has 5 aromatic rings. The van der Waals surface area contributed by atoms with E-state index in [9.17, 15) is 9.59 Å². The van der Waals surface area contributed by atoms with E-state index in [1.807, 2.05) is 41.9 Å². The Kier molecular flexibility index (Phi) is 4.80. The predicted molar refractivity (Wildman–Crippen MR) is 120 cm³/mol. The number of carbonyl (C=O) groups is 1. The molecule has 0 fully saturated rings. The molecule has 0 aliphatic rings. The van der Waals surface area contributed by atoms with Gasteiger partial charge in [-0.25, -0.2) is 14.5 Å². The van der Waals surface area contributed by atoms with E-state index in [2.05, 4.69) is 15.1 Å². The Balaban J connectivity index is 1.41. The van der Waals surface area contributed by atoms with Crippen LogP contribution >= 0.6 is 22.9 Å². The molecule has 0 aliphatic carbocycles. The first-order chi connectivity index (χ1) is 15.0. The van der Waals surface area contributed by atoms with Gasteiger partial charge in [-0.15, -0.1) is 11.3 Å². The summed E-state index contributed by atoms with van der Waals surface area (Å²) in [5, 5.41) is 6.37. The van der Waals surface area contributed by atoms with Crippen LogP contribution in [-0.2, 0) is 11.3 Å². The standard InChI is InChI=1S/C22H15ClN4O3S/c1-12-16-10-18(31-21(16)27(26-12)14-5-3-2-4-6-14)22(29)30-11-19-24-17-9-13(23)7-8-15(17)20(28)25-19/h2-10H,11H2,1H3,(H,24,25,28). The number of nitrogens with one attached hydrogen (secondary N) is 1. The largest absolute Gasteiger partial charge is 0.453 e. The number of aromatic amines is 1. The molecule has 0 saturated carbocycles. The van der Waals surface area contributed by atoms with E-state index in [1.165, 1.54) is 11.3 Å². The van der Waals surface area contributed by atoms with Gasteiger partial charge in [0.1, 0.15) is 22.1 Å². The average molecular weight is 451 g/mol. The second-order valence-electron chi connectivity index (χ2n) is 6.91. The highest BCUT2D eigenvalue weighted by Gasteiger charge is 2.18. The number of hydrogen-bond donors (Lipinski definition) is 1. The molecule has 0 atom stereocenters. The van der Waals surface area contributed by atoms with E-state index in [0.29, 0.717) is 20.8 Å². The average Bonchev–Trinajstić information content (AvgIpc) is 3.33. The first-order valence-corrected chi connectivity index (χ1v) is 10.6. The van der Waals surface area contributed by atoms with Gasteiger partial charge < -0.3 is 9.72 Å². The third-order valence-corrected chi connectivity index (χ3v) is 6.13. The van der Waals surface area contributed by atoms with Gasteiger partial charge in [0, 0.05) is 10.4 Å². The number of esters is 1. The lowest BCUT2D eigenvalue weighted by Crippen LogP contribution is -2.14. The lowest BCUT2D eigenvalue weighted by molar-refractivity contribution is 0.0468. The Morgan fingerprint density at radius 3 is 2.77 bits per heavy atom. The lowest BCUT2D eigenvalue weighted by Gasteiger charge is -2.05. The Morgan fingerprint density at radius 2 is 1.97 bits per heavy atom. The van der Waals surface area contributed by atoms with E-state index in [0.717, 1.165) is 21.6 Å². The van der Waals surface area contributed by atoms with Crippen molar-refractivity contribution in [3.05, 3.63) is 86.4 Å². The number of halogens is 1. The van der Waals surface area contributed by atoms with Crippen LogP contribution < -0.4 is 5.56 Å². The smallest absolute Gasteiger partial charge is 0.348 e. The summed E-state index contributed by atoms with van der Waals surface area (Å²) >= 11 is 7.29. The van der Waals surface area contributed by atoms with Gasteiger partial charge in [-0.2, -0.15) is 5.10 Å². The number of carbonyl (C=O) groups excluding carboxylic acids is 1. The minimum atomic E-state index is -0.492. The lowest BCUT2D eigenvalue weighted by atomic mass is 10.2. The van der Waals surface area contributed by atoms with Crippen molar-refractivity contribution in [3.63, 3.8) is 0 Å². The fourth-order valence-corrected chi connectivity index (χ4v) is 4.57. The Morgan fingerprint density at radius 1 is 1.16 bits per heavy atom. The number of aryl methyl sites for hydroxylation is 1. The van der Waals surface area contributed by atoms with Crippen LogP contribution in [0.4, 0.5) is 0 Å². The molecule has 1 N–H and O–H groups in total. The summed E-state index contributed by atoms with van der Waals surface area (Å²) in [6.45, 7) is 1.74. The quantitative estimate of drug-likeness (QED) is 0.403. The number of nitrogens with zero attached hydrogens (tertiary/aromatic N) is 3. The van der Waals surface area contributed by atoms with Crippen LogP contribution in [0.25, 0.3) is 26.8 Å². The van der Waals surface area contributed by atoms with Gasteiger partial charge in [-0.05, 0) is 43.3 Å². The summed E-state index contributed by atoms with van der Waals surface area (Å²) in [6.07, 6.45) is 0. The van der Waals surface area contributed by atoms with Crippen molar-refractivity contribution < 1.29 is 9.53 Å². The van der Waals surface area contributed by atoms with E-state index in [-0.39, 0.29) is 18.0 Å². The van der Waals surface area contributed by atoms with Crippen molar-refractivity contribution in [1.29, 1.82) is 0 Å². The molecular weight excluding hydrogens is 436 g/mol. The van der Waals surface area contributed by atoms with Crippen LogP contribution in [0.5, 0.6) is 0 Å². The number of rotatable bonds is 4. The monoisotopic (exact) mass is 450 g/mol. The molecule has 0 aliphatic heterocycles. The van der Waals surface area contributed by atoms with Crippen molar-refractivity contribution >= 4 is 50.0 Å². The molecule has 3 heterocycles. The minimum Gasteiger partial charge on any atom is -0.453 e. The maximum absolute atomic E-state index is 12.7. The number of fused-ring (bicyclic) bond motifs is 2. The van der Waals surface area contributed by atoms with Crippen molar-refractivity contribution in [2.75, 3.05) is 0 Å².